The highest BCUT2D eigenvalue weighted by molar-refractivity contribution is 6.07. The van der Waals surface area contributed by atoms with Crippen molar-refractivity contribution < 1.29 is 9.53 Å². The lowest BCUT2D eigenvalue weighted by atomic mass is 10.1. The van der Waals surface area contributed by atoms with Crippen LogP contribution in [0.1, 0.15) is 29.9 Å². The van der Waals surface area contributed by atoms with Crippen LogP contribution >= 0.6 is 0 Å². The molecule has 1 heterocycles. The number of hydrogen-bond donors (Lipinski definition) is 1. The summed E-state index contributed by atoms with van der Waals surface area (Å²) in [6.07, 6.45) is 1.52. The molecule has 5 heteroatoms. The molecule has 0 saturated carbocycles. The quantitative estimate of drug-likeness (QED) is 0.815. The van der Waals surface area contributed by atoms with Crippen LogP contribution in [0.5, 0.6) is 5.75 Å². The molecule has 17 heavy (non-hydrogen) atoms. The Morgan fingerprint density at radius 3 is 2.53 bits per heavy atom. The van der Waals surface area contributed by atoms with Crippen LogP contribution in [0.25, 0.3) is 0 Å². The Bertz CT molecular complexity index is 489. The molecule has 0 aliphatic carbocycles. The molecule has 0 bridgehead atoms. The Morgan fingerprint density at radius 1 is 1.29 bits per heavy atom. The van der Waals surface area contributed by atoms with Crippen molar-refractivity contribution in [3.05, 3.63) is 41.7 Å². The zero-order valence-corrected chi connectivity index (χ0v) is 9.68. The van der Waals surface area contributed by atoms with E-state index in [2.05, 4.69) is 15.4 Å². The third-order valence-corrected chi connectivity index (χ3v) is 2.14. The van der Waals surface area contributed by atoms with Crippen LogP contribution in [-0.4, -0.2) is 27.3 Å². The predicted molar refractivity (Wildman–Crippen MR) is 62.0 cm³/mol. The van der Waals surface area contributed by atoms with E-state index in [1.165, 1.54) is 6.20 Å². The molecule has 2 aromatic rings. The summed E-state index contributed by atoms with van der Waals surface area (Å²) in [7, 11) is 0. The largest absolute Gasteiger partial charge is 0.491 e. The van der Waals surface area contributed by atoms with Gasteiger partial charge < -0.3 is 4.74 Å². The first-order valence-electron chi connectivity index (χ1n) is 5.34. The summed E-state index contributed by atoms with van der Waals surface area (Å²) < 4.78 is 5.49. The number of carbonyl (C=O) groups excluding carboxylic acids is 1. The van der Waals surface area contributed by atoms with Crippen molar-refractivity contribution in [1.29, 1.82) is 0 Å². The first-order valence-corrected chi connectivity index (χ1v) is 5.34. The number of ether oxygens (including phenoxy) is 1. The number of H-pyrrole nitrogens is 1. The van der Waals surface area contributed by atoms with Gasteiger partial charge in [-0.1, -0.05) is 0 Å². The van der Waals surface area contributed by atoms with Gasteiger partial charge in [-0.2, -0.15) is 15.4 Å². The van der Waals surface area contributed by atoms with Crippen molar-refractivity contribution in [2.24, 2.45) is 0 Å². The molecule has 0 radical (unpaired) electrons. The van der Waals surface area contributed by atoms with Gasteiger partial charge >= 0.3 is 0 Å². The Kier molecular flexibility index (Phi) is 3.18. The molecule has 5 nitrogen and oxygen atoms in total. The number of rotatable bonds is 4. The number of benzene rings is 1. The van der Waals surface area contributed by atoms with E-state index in [-0.39, 0.29) is 11.9 Å². The summed E-state index contributed by atoms with van der Waals surface area (Å²) in [5, 5.41) is 9.76. The second-order valence-electron chi connectivity index (χ2n) is 3.88. The molecule has 0 unspecified atom stereocenters. The molecule has 0 atom stereocenters. The molecule has 1 aromatic carbocycles. The van der Waals surface area contributed by atoms with Gasteiger partial charge in [-0.25, -0.2) is 0 Å². The molecular weight excluding hydrogens is 218 g/mol. The minimum absolute atomic E-state index is 0.118. The lowest BCUT2D eigenvalue weighted by molar-refractivity contribution is 0.103. The third-order valence-electron chi connectivity index (χ3n) is 2.14. The van der Waals surface area contributed by atoms with E-state index >= 15 is 0 Å². The van der Waals surface area contributed by atoms with Crippen LogP contribution in [0.3, 0.4) is 0 Å². The fourth-order valence-electron chi connectivity index (χ4n) is 1.42. The second kappa shape index (κ2) is 4.78. The maximum absolute atomic E-state index is 11.9. The van der Waals surface area contributed by atoms with Crippen LogP contribution in [0.2, 0.25) is 0 Å². The maximum atomic E-state index is 11.9. The van der Waals surface area contributed by atoms with Gasteiger partial charge in [0.2, 0.25) is 5.78 Å². The van der Waals surface area contributed by atoms with Gasteiger partial charge in [-0.05, 0) is 38.1 Å². The molecule has 88 valence electrons. The Hall–Kier alpha value is -2.17. The molecule has 0 aliphatic rings. The van der Waals surface area contributed by atoms with Crippen LogP contribution in [-0.2, 0) is 0 Å². The van der Waals surface area contributed by atoms with Gasteiger partial charge in [-0.3, -0.25) is 4.79 Å². The minimum Gasteiger partial charge on any atom is -0.491 e. The Balaban J connectivity index is 2.15. The highest BCUT2D eigenvalue weighted by Gasteiger charge is 2.11. The monoisotopic (exact) mass is 231 g/mol. The van der Waals surface area contributed by atoms with Crippen LogP contribution in [0, 0.1) is 0 Å². The fraction of sp³-hybridized carbons (Fsp3) is 0.250. The summed E-state index contributed by atoms with van der Waals surface area (Å²) >= 11 is 0. The number of carbonyl (C=O) groups is 1. The standard InChI is InChI=1S/C12H13N3O2/c1-8(2)17-10-5-3-9(4-6-10)12(16)11-7-13-15-14-11/h3-8H,1-2H3,(H,13,14,15). The smallest absolute Gasteiger partial charge is 0.214 e. The SMILES string of the molecule is CC(C)Oc1ccc(C(=O)c2cn[nH]n2)cc1. The van der Waals surface area contributed by atoms with E-state index < -0.39 is 0 Å². The number of hydrogen-bond acceptors (Lipinski definition) is 4. The topological polar surface area (TPSA) is 67.9 Å². The Morgan fingerprint density at radius 2 is 2.00 bits per heavy atom. The summed E-state index contributed by atoms with van der Waals surface area (Å²) in [6.45, 7) is 3.91. The normalized spacial score (nSPS) is 10.5. The Labute approximate surface area is 98.8 Å². The molecule has 0 spiro atoms. The molecular formula is C12H13N3O2. The summed E-state index contributed by atoms with van der Waals surface area (Å²) in [6, 6.07) is 6.98. The number of aromatic amines is 1. The highest BCUT2D eigenvalue weighted by atomic mass is 16.5. The van der Waals surface area contributed by atoms with E-state index in [4.69, 9.17) is 4.74 Å². The number of ketones is 1. The second-order valence-corrected chi connectivity index (χ2v) is 3.88. The lowest BCUT2D eigenvalue weighted by Crippen LogP contribution is -2.06. The van der Waals surface area contributed by atoms with Crippen molar-refractivity contribution in [2.45, 2.75) is 20.0 Å². The molecule has 0 fully saturated rings. The summed E-state index contributed by atoms with van der Waals surface area (Å²) in [4.78, 5) is 11.9. The third kappa shape index (κ3) is 2.69. The average Bonchev–Trinajstić information content (AvgIpc) is 2.82. The lowest BCUT2D eigenvalue weighted by Gasteiger charge is -2.09. The van der Waals surface area contributed by atoms with Crippen molar-refractivity contribution in [2.75, 3.05) is 0 Å². The molecule has 2 rings (SSSR count). The zero-order chi connectivity index (χ0) is 12.3. The van der Waals surface area contributed by atoms with Gasteiger partial charge in [0, 0.05) is 5.56 Å². The molecule has 1 N–H and O–H groups in total. The molecule has 1 aromatic heterocycles. The zero-order valence-electron chi connectivity index (χ0n) is 9.68. The van der Waals surface area contributed by atoms with E-state index in [1.54, 1.807) is 24.3 Å². The number of nitrogens with one attached hydrogen (secondary N) is 1. The van der Waals surface area contributed by atoms with E-state index in [1.807, 2.05) is 13.8 Å². The molecule has 0 aliphatic heterocycles. The first kappa shape index (κ1) is 11.3. The first-order chi connectivity index (χ1) is 8.16. The van der Waals surface area contributed by atoms with Gasteiger partial charge in [-0.15, -0.1) is 0 Å². The number of aromatic nitrogens is 3. The van der Waals surface area contributed by atoms with Gasteiger partial charge in [0.25, 0.3) is 0 Å². The molecule has 0 amide bonds. The van der Waals surface area contributed by atoms with E-state index in [9.17, 15) is 4.79 Å². The predicted octanol–water partition coefficient (Wildman–Crippen LogP) is 1.82. The van der Waals surface area contributed by atoms with Crippen molar-refractivity contribution in [1.82, 2.24) is 15.4 Å². The van der Waals surface area contributed by atoms with Crippen LogP contribution in [0.4, 0.5) is 0 Å². The minimum atomic E-state index is -0.158. The maximum Gasteiger partial charge on any atom is 0.214 e. The van der Waals surface area contributed by atoms with E-state index in [0.29, 0.717) is 11.3 Å². The van der Waals surface area contributed by atoms with Crippen LogP contribution < -0.4 is 4.74 Å². The number of nitrogens with zero attached hydrogens (tertiary/aromatic N) is 2. The van der Waals surface area contributed by atoms with Crippen molar-refractivity contribution >= 4 is 5.78 Å². The van der Waals surface area contributed by atoms with Crippen molar-refractivity contribution in [3.8, 4) is 5.75 Å². The summed E-state index contributed by atoms with van der Waals surface area (Å²) in [5.74, 6) is 0.589. The van der Waals surface area contributed by atoms with E-state index in [0.717, 1.165) is 5.75 Å². The van der Waals surface area contributed by atoms with Gasteiger partial charge in [0.1, 0.15) is 5.75 Å². The molecule has 0 saturated heterocycles. The van der Waals surface area contributed by atoms with Crippen molar-refractivity contribution in [3.63, 3.8) is 0 Å². The van der Waals surface area contributed by atoms with Crippen LogP contribution in [0.15, 0.2) is 30.5 Å². The average molecular weight is 231 g/mol. The fourth-order valence-corrected chi connectivity index (χ4v) is 1.42. The van der Waals surface area contributed by atoms with Gasteiger partial charge in [0.15, 0.2) is 5.69 Å². The van der Waals surface area contributed by atoms with Gasteiger partial charge in [0.05, 0.1) is 12.3 Å². The highest BCUT2D eigenvalue weighted by Crippen LogP contribution is 2.15. The summed E-state index contributed by atoms with van der Waals surface area (Å²) in [5.41, 5.74) is 0.873.